The number of hydrogen-bond donors (Lipinski definition) is 1. The number of benzene rings is 1. The van der Waals surface area contributed by atoms with Gasteiger partial charge in [-0.1, -0.05) is 29.5 Å². The van der Waals surface area contributed by atoms with Crippen LogP contribution in [-0.2, 0) is 9.53 Å². The van der Waals surface area contributed by atoms with Crippen LogP contribution in [0, 0.1) is 6.92 Å². The molecule has 3 rings (SSSR count). The van der Waals surface area contributed by atoms with E-state index in [0.29, 0.717) is 5.16 Å². The molecule has 1 amide bonds. The number of thioether (sulfide) groups is 1. The molecule has 0 spiro atoms. The van der Waals surface area contributed by atoms with Gasteiger partial charge in [-0.15, -0.1) is 5.10 Å². The first kappa shape index (κ1) is 15.9. The second-order valence-electron chi connectivity index (χ2n) is 5.45. The lowest BCUT2D eigenvalue weighted by atomic mass is 10.1. The van der Waals surface area contributed by atoms with Gasteiger partial charge in [-0.25, -0.2) is 4.68 Å². The van der Waals surface area contributed by atoms with Crippen molar-refractivity contribution in [2.75, 3.05) is 24.3 Å². The third kappa shape index (κ3) is 4.29. The van der Waals surface area contributed by atoms with Crippen LogP contribution < -0.4 is 5.32 Å². The zero-order valence-electron chi connectivity index (χ0n) is 12.9. The first-order chi connectivity index (χ1) is 11.2. The van der Waals surface area contributed by atoms with Gasteiger partial charge in [0.05, 0.1) is 11.8 Å². The normalized spacial score (nSPS) is 15.5. The summed E-state index contributed by atoms with van der Waals surface area (Å²) in [6.07, 6.45) is 1.79. The molecule has 8 heteroatoms. The number of hydrogen-bond acceptors (Lipinski definition) is 6. The lowest BCUT2D eigenvalue weighted by Crippen LogP contribution is -2.21. The van der Waals surface area contributed by atoms with E-state index in [1.165, 1.54) is 11.8 Å². The fraction of sp³-hybridized carbons (Fsp3) is 0.467. The number of nitrogens with zero attached hydrogens (tertiary/aromatic N) is 4. The van der Waals surface area contributed by atoms with E-state index in [0.717, 1.165) is 37.3 Å². The largest absolute Gasteiger partial charge is 0.381 e. The van der Waals surface area contributed by atoms with Gasteiger partial charge in [0.1, 0.15) is 0 Å². The van der Waals surface area contributed by atoms with E-state index in [1.807, 2.05) is 35.9 Å². The third-order valence-corrected chi connectivity index (χ3v) is 4.60. The van der Waals surface area contributed by atoms with Crippen LogP contribution in [0.2, 0.25) is 0 Å². The number of anilines is 1. The molecule has 0 bridgehead atoms. The Morgan fingerprint density at radius 2 is 2.09 bits per heavy atom. The van der Waals surface area contributed by atoms with Crippen LogP contribution in [0.15, 0.2) is 29.4 Å². The van der Waals surface area contributed by atoms with Crippen molar-refractivity contribution in [3.05, 3.63) is 29.8 Å². The summed E-state index contributed by atoms with van der Waals surface area (Å²) in [4.78, 5) is 12.1. The standard InChI is InChI=1S/C15H19N5O2S/c1-11-2-4-12(5-3-11)16-14(21)10-23-15-17-18-19-20(15)13-6-8-22-9-7-13/h2-5,13H,6-10H2,1H3,(H,16,21). The van der Waals surface area contributed by atoms with Gasteiger partial charge in [-0.05, 0) is 42.3 Å². The lowest BCUT2D eigenvalue weighted by molar-refractivity contribution is -0.113. The van der Waals surface area contributed by atoms with E-state index >= 15 is 0 Å². The van der Waals surface area contributed by atoms with Crippen molar-refractivity contribution in [3.8, 4) is 0 Å². The fourth-order valence-corrected chi connectivity index (χ4v) is 3.15. The predicted octanol–water partition coefficient (Wildman–Crippen LogP) is 2.06. The topological polar surface area (TPSA) is 81.9 Å². The summed E-state index contributed by atoms with van der Waals surface area (Å²) >= 11 is 1.35. The number of nitrogens with one attached hydrogen (secondary N) is 1. The maximum atomic E-state index is 12.1. The van der Waals surface area contributed by atoms with Gasteiger partial charge < -0.3 is 10.1 Å². The quantitative estimate of drug-likeness (QED) is 0.844. The van der Waals surface area contributed by atoms with Crippen molar-refractivity contribution in [3.63, 3.8) is 0 Å². The van der Waals surface area contributed by atoms with Gasteiger partial charge in [0.15, 0.2) is 0 Å². The Balaban J connectivity index is 1.55. The zero-order valence-corrected chi connectivity index (χ0v) is 13.8. The van der Waals surface area contributed by atoms with Gasteiger partial charge in [-0.2, -0.15) is 0 Å². The van der Waals surface area contributed by atoms with Crippen molar-refractivity contribution in [1.29, 1.82) is 0 Å². The molecule has 23 heavy (non-hydrogen) atoms. The number of aryl methyl sites for hydroxylation is 1. The summed E-state index contributed by atoms with van der Waals surface area (Å²) in [5.41, 5.74) is 1.96. The minimum Gasteiger partial charge on any atom is -0.381 e. The molecular weight excluding hydrogens is 314 g/mol. The number of carbonyl (C=O) groups is 1. The second-order valence-corrected chi connectivity index (χ2v) is 6.39. The van der Waals surface area contributed by atoms with E-state index < -0.39 is 0 Å². The average molecular weight is 333 g/mol. The number of rotatable bonds is 5. The summed E-state index contributed by atoms with van der Waals surface area (Å²) in [5.74, 6) is 0.206. The van der Waals surface area contributed by atoms with Crippen molar-refractivity contribution in [2.45, 2.75) is 31.0 Å². The Morgan fingerprint density at radius 3 is 2.83 bits per heavy atom. The molecule has 2 heterocycles. The summed E-state index contributed by atoms with van der Waals surface area (Å²) in [6, 6.07) is 7.97. The minimum atomic E-state index is -0.0691. The van der Waals surface area contributed by atoms with E-state index in [2.05, 4.69) is 20.8 Å². The van der Waals surface area contributed by atoms with E-state index in [1.54, 1.807) is 0 Å². The summed E-state index contributed by atoms with van der Waals surface area (Å²) in [6.45, 7) is 3.46. The molecule has 7 nitrogen and oxygen atoms in total. The van der Waals surface area contributed by atoms with Gasteiger partial charge in [0, 0.05) is 18.9 Å². The third-order valence-electron chi connectivity index (χ3n) is 3.67. The second kappa shape index (κ2) is 7.56. The molecule has 122 valence electrons. The summed E-state index contributed by atoms with van der Waals surface area (Å²) in [7, 11) is 0. The summed E-state index contributed by atoms with van der Waals surface area (Å²) < 4.78 is 7.17. The first-order valence-corrected chi connectivity index (χ1v) is 8.56. The van der Waals surface area contributed by atoms with Crippen LogP contribution in [0.1, 0.15) is 24.4 Å². The summed E-state index contributed by atoms with van der Waals surface area (Å²) in [5, 5.41) is 15.4. The molecule has 0 atom stereocenters. The molecule has 2 aromatic rings. The highest BCUT2D eigenvalue weighted by Gasteiger charge is 2.21. The molecule has 1 saturated heterocycles. The van der Waals surface area contributed by atoms with Crippen LogP contribution >= 0.6 is 11.8 Å². The average Bonchev–Trinajstić information content (AvgIpc) is 3.04. The number of tetrazole rings is 1. The van der Waals surface area contributed by atoms with Crippen molar-refractivity contribution in [1.82, 2.24) is 20.2 Å². The minimum absolute atomic E-state index is 0.0691. The molecule has 0 aliphatic carbocycles. The van der Waals surface area contributed by atoms with Crippen molar-refractivity contribution < 1.29 is 9.53 Å². The predicted molar refractivity (Wildman–Crippen MR) is 87.4 cm³/mol. The van der Waals surface area contributed by atoms with E-state index in [-0.39, 0.29) is 17.7 Å². The van der Waals surface area contributed by atoms with E-state index in [9.17, 15) is 4.79 Å². The molecule has 1 aromatic carbocycles. The number of aromatic nitrogens is 4. The van der Waals surface area contributed by atoms with Crippen molar-refractivity contribution in [2.24, 2.45) is 0 Å². The van der Waals surface area contributed by atoms with Crippen LogP contribution in [0.25, 0.3) is 0 Å². The number of ether oxygens (including phenoxy) is 1. The van der Waals surface area contributed by atoms with E-state index in [4.69, 9.17) is 4.74 Å². The molecule has 1 fully saturated rings. The molecule has 1 aromatic heterocycles. The number of amides is 1. The fourth-order valence-electron chi connectivity index (χ4n) is 2.40. The molecule has 0 radical (unpaired) electrons. The SMILES string of the molecule is Cc1ccc(NC(=O)CSc2nnnn2C2CCOCC2)cc1. The number of carbonyl (C=O) groups excluding carboxylic acids is 1. The van der Waals surface area contributed by atoms with Gasteiger partial charge in [0.2, 0.25) is 11.1 Å². The first-order valence-electron chi connectivity index (χ1n) is 7.57. The molecule has 0 saturated carbocycles. The van der Waals surface area contributed by atoms with Gasteiger partial charge in [-0.3, -0.25) is 4.79 Å². The van der Waals surface area contributed by atoms with Gasteiger partial charge in [0.25, 0.3) is 0 Å². The lowest BCUT2D eigenvalue weighted by Gasteiger charge is -2.22. The molecular formula is C15H19N5O2S. The van der Waals surface area contributed by atoms with Gasteiger partial charge >= 0.3 is 0 Å². The Bertz CT molecular complexity index is 652. The highest BCUT2D eigenvalue weighted by molar-refractivity contribution is 7.99. The monoisotopic (exact) mass is 333 g/mol. The Hall–Kier alpha value is -1.93. The Morgan fingerprint density at radius 1 is 1.35 bits per heavy atom. The smallest absolute Gasteiger partial charge is 0.234 e. The highest BCUT2D eigenvalue weighted by Crippen LogP contribution is 2.25. The van der Waals surface area contributed by atoms with Crippen molar-refractivity contribution >= 4 is 23.4 Å². The molecule has 0 unspecified atom stereocenters. The molecule has 1 N–H and O–H groups in total. The van der Waals surface area contributed by atoms with Crippen LogP contribution in [0.4, 0.5) is 5.69 Å². The maximum absolute atomic E-state index is 12.1. The molecule has 1 aliphatic rings. The molecule has 1 aliphatic heterocycles. The maximum Gasteiger partial charge on any atom is 0.234 e. The Labute approximate surface area is 138 Å². The highest BCUT2D eigenvalue weighted by atomic mass is 32.2. The zero-order chi connectivity index (χ0) is 16.1. The van der Waals surface area contributed by atoms with Crippen LogP contribution in [0.3, 0.4) is 0 Å². The van der Waals surface area contributed by atoms with Crippen LogP contribution in [-0.4, -0.2) is 45.1 Å². The van der Waals surface area contributed by atoms with Crippen LogP contribution in [0.5, 0.6) is 0 Å². The Kier molecular flexibility index (Phi) is 5.24.